The predicted molar refractivity (Wildman–Crippen MR) is 78.8 cm³/mol. The third-order valence-electron chi connectivity index (χ3n) is 3.97. The van der Waals surface area contributed by atoms with Crippen molar-refractivity contribution in [3.05, 3.63) is 35.9 Å². The fourth-order valence-electron chi connectivity index (χ4n) is 2.45. The van der Waals surface area contributed by atoms with Crippen molar-refractivity contribution in [2.75, 3.05) is 20.2 Å². The molecule has 1 heterocycles. The van der Waals surface area contributed by atoms with E-state index < -0.39 is 24.6 Å². The van der Waals surface area contributed by atoms with Crippen molar-refractivity contribution >= 4 is 12.0 Å². The maximum absolute atomic E-state index is 12.7. The van der Waals surface area contributed by atoms with Crippen LogP contribution in [0.2, 0.25) is 0 Å². The number of methoxy groups -OCH3 is 1. The Morgan fingerprint density at radius 3 is 2.48 bits per heavy atom. The highest BCUT2D eigenvalue weighted by molar-refractivity contribution is 5.92. The fraction of sp³-hybridized carbons (Fsp3) is 0.438. The summed E-state index contributed by atoms with van der Waals surface area (Å²) in [5.41, 5.74) is -2.00. The Kier molecular flexibility index (Phi) is 4.99. The van der Waals surface area contributed by atoms with E-state index in [0.717, 1.165) is 0 Å². The molecule has 1 aliphatic heterocycles. The number of carbonyl (C=O) groups excluding carboxylic acids is 1. The number of alkyl halides is 3. The molecule has 1 aliphatic rings. The Morgan fingerprint density at radius 1 is 1.30 bits per heavy atom. The Morgan fingerprint density at radius 2 is 1.91 bits per heavy atom. The number of hydrogen-bond acceptors (Lipinski definition) is 3. The highest BCUT2D eigenvalue weighted by Gasteiger charge is 2.54. The smallest absolute Gasteiger partial charge is 0.417 e. The van der Waals surface area contributed by atoms with Gasteiger partial charge >= 0.3 is 6.18 Å². The summed E-state index contributed by atoms with van der Waals surface area (Å²) < 4.78 is 43.3. The first-order chi connectivity index (χ1) is 10.8. The molecule has 0 bridgehead atoms. The van der Waals surface area contributed by atoms with Gasteiger partial charge in [0, 0.05) is 37.6 Å². The minimum Gasteiger partial charge on any atom is -0.496 e. The zero-order valence-corrected chi connectivity index (χ0v) is 12.6. The predicted octanol–water partition coefficient (Wildman–Crippen LogP) is 2.62. The maximum atomic E-state index is 12.7. The van der Waals surface area contributed by atoms with Crippen molar-refractivity contribution in [1.82, 2.24) is 4.90 Å². The van der Waals surface area contributed by atoms with Gasteiger partial charge in [0.1, 0.15) is 5.75 Å². The normalized spacial score (nSPS) is 18.2. The monoisotopic (exact) mass is 329 g/mol. The SMILES string of the molecule is COc1ccccc1/C=C/C(=O)N1CCC(O)(C(F)(F)F)CC1. The number of ether oxygens (including phenoxy) is 1. The molecule has 0 atom stereocenters. The van der Waals surface area contributed by atoms with E-state index in [-0.39, 0.29) is 19.0 Å². The molecule has 0 saturated carbocycles. The van der Waals surface area contributed by atoms with Crippen LogP contribution in [0.4, 0.5) is 13.2 Å². The lowest BCUT2D eigenvalue weighted by Gasteiger charge is -2.38. The standard InChI is InChI=1S/C16H18F3NO3/c1-23-13-5-3-2-4-12(13)6-7-14(21)20-10-8-15(22,9-11-20)16(17,18)19/h2-7,22H,8-11H2,1H3/b7-6+. The summed E-state index contributed by atoms with van der Waals surface area (Å²) in [4.78, 5) is 13.4. The summed E-state index contributed by atoms with van der Waals surface area (Å²) >= 11 is 0. The number of rotatable bonds is 3. The molecule has 7 heteroatoms. The third kappa shape index (κ3) is 3.85. The van der Waals surface area contributed by atoms with Crippen molar-refractivity contribution in [1.29, 1.82) is 0 Å². The van der Waals surface area contributed by atoms with Crippen molar-refractivity contribution in [3.63, 3.8) is 0 Å². The quantitative estimate of drug-likeness (QED) is 0.868. The minimum absolute atomic E-state index is 0.134. The van der Waals surface area contributed by atoms with Crippen LogP contribution in [0.15, 0.2) is 30.3 Å². The van der Waals surface area contributed by atoms with Gasteiger partial charge in [0.25, 0.3) is 0 Å². The molecule has 0 spiro atoms. The summed E-state index contributed by atoms with van der Waals surface area (Å²) in [6.45, 7) is -0.268. The third-order valence-corrected chi connectivity index (χ3v) is 3.97. The van der Waals surface area contributed by atoms with E-state index in [0.29, 0.717) is 11.3 Å². The van der Waals surface area contributed by atoms with Crippen LogP contribution in [0.25, 0.3) is 6.08 Å². The molecule has 1 aromatic rings. The van der Waals surface area contributed by atoms with Crippen LogP contribution in [0, 0.1) is 0 Å². The van der Waals surface area contributed by atoms with Gasteiger partial charge in [-0.25, -0.2) is 0 Å². The van der Waals surface area contributed by atoms with Gasteiger partial charge < -0.3 is 14.7 Å². The largest absolute Gasteiger partial charge is 0.496 e. The molecule has 0 aromatic heterocycles. The van der Waals surface area contributed by atoms with E-state index in [1.165, 1.54) is 18.1 Å². The highest BCUT2D eigenvalue weighted by Crippen LogP contribution is 2.38. The van der Waals surface area contributed by atoms with Crippen LogP contribution in [-0.2, 0) is 4.79 Å². The van der Waals surface area contributed by atoms with Crippen LogP contribution in [0.5, 0.6) is 5.75 Å². The van der Waals surface area contributed by atoms with Crippen molar-refractivity contribution < 1.29 is 27.8 Å². The van der Waals surface area contributed by atoms with Gasteiger partial charge in [-0.1, -0.05) is 18.2 Å². The van der Waals surface area contributed by atoms with E-state index in [9.17, 15) is 23.1 Å². The van der Waals surface area contributed by atoms with Gasteiger partial charge in [-0.15, -0.1) is 0 Å². The average Bonchev–Trinajstić information content (AvgIpc) is 2.52. The zero-order valence-electron chi connectivity index (χ0n) is 12.6. The Bertz CT molecular complexity index is 590. The van der Waals surface area contributed by atoms with Crippen LogP contribution >= 0.6 is 0 Å². The summed E-state index contributed by atoms with van der Waals surface area (Å²) in [5, 5.41) is 9.59. The molecule has 126 valence electrons. The molecular weight excluding hydrogens is 311 g/mol. The first kappa shape index (κ1) is 17.3. The van der Waals surface area contributed by atoms with Gasteiger partial charge in [0.2, 0.25) is 5.91 Å². The van der Waals surface area contributed by atoms with Crippen LogP contribution < -0.4 is 4.74 Å². The summed E-state index contributed by atoms with van der Waals surface area (Å²) in [6.07, 6.45) is -2.83. The topological polar surface area (TPSA) is 49.8 Å². The summed E-state index contributed by atoms with van der Waals surface area (Å²) in [7, 11) is 1.51. The van der Waals surface area contributed by atoms with Crippen molar-refractivity contribution in [3.8, 4) is 5.75 Å². The van der Waals surface area contributed by atoms with E-state index in [4.69, 9.17) is 4.74 Å². The molecule has 0 unspecified atom stereocenters. The first-order valence-electron chi connectivity index (χ1n) is 7.16. The molecule has 0 aliphatic carbocycles. The van der Waals surface area contributed by atoms with Crippen molar-refractivity contribution in [2.45, 2.75) is 24.6 Å². The summed E-state index contributed by atoms with van der Waals surface area (Å²) in [5.74, 6) is 0.210. The van der Waals surface area contributed by atoms with Crippen LogP contribution in [0.3, 0.4) is 0 Å². The van der Waals surface area contributed by atoms with E-state index >= 15 is 0 Å². The number of hydrogen-bond donors (Lipinski definition) is 1. The number of para-hydroxylation sites is 1. The average molecular weight is 329 g/mol. The number of halogens is 3. The second kappa shape index (κ2) is 6.62. The number of carbonyl (C=O) groups is 1. The molecule has 1 aromatic carbocycles. The fourth-order valence-corrected chi connectivity index (χ4v) is 2.45. The molecule has 4 nitrogen and oxygen atoms in total. The minimum atomic E-state index is -4.67. The Labute approximate surface area is 132 Å². The first-order valence-corrected chi connectivity index (χ1v) is 7.16. The number of likely N-dealkylation sites (tertiary alicyclic amines) is 1. The van der Waals surface area contributed by atoms with Gasteiger partial charge in [-0.2, -0.15) is 13.2 Å². The lowest BCUT2D eigenvalue weighted by Crippen LogP contribution is -2.54. The van der Waals surface area contributed by atoms with Gasteiger partial charge in [-0.05, 0) is 12.1 Å². The van der Waals surface area contributed by atoms with Gasteiger partial charge in [-0.3, -0.25) is 4.79 Å². The van der Waals surface area contributed by atoms with Crippen LogP contribution in [-0.4, -0.2) is 47.9 Å². The van der Waals surface area contributed by atoms with Gasteiger partial charge in [0.15, 0.2) is 5.60 Å². The van der Waals surface area contributed by atoms with Gasteiger partial charge in [0.05, 0.1) is 7.11 Å². The summed E-state index contributed by atoms with van der Waals surface area (Å²) in [6, 6.07) is 7.09. The Hall–Kier alpha value is -2.02. The molecule has 1 fully saturated rings. The lowest BCUT2D eigenvalue weighted by atomic mass is 9.91. The van der Waals surface area contributed by atoms with Crippen molar-refractivity contribution in [2.24, 2.45) is 0 Å². The van der Waals surface area contributed by atoms with E-state index in [1.807, 2.05) is 0 Å². The van der Waals surface area contributed by atoms with E-state index in [1.54, 1.807) is 30.3 Å². The number of benzene rings is 1. The molecule has 1 saturated heterocycles. The van der Waals surface area contributed by atoms with Crippen LogP contribution in [0.1, 0.15) is 18.4 Å². The number of amides is 1. The highest BCUT2D eigenvalue weighted by atomic mass is 19.4. The zero-order chi connectivity index (χ0) is 17.1. The maximum Gasteiger partial charge on any atom is 0.417 e. The lowest BCUT2D eigenvalue weighted by molar-refractivity contribution is -0.271. The molecular formula is C16H18F3NO3. The molecule has 0 radical (unpaired) electrons. The Balaban J connectivity index is 1.99. The molecule has 23 heavy (non-hydrogen) atoms. The molecule has 2 rings (SSSR count). The van der Waals surface area contributed by atoms with E-state index in [2.05, 4.69) is 0 Å². The number of piperidine rings is 1. The molecule has 1 N–H and O–H groups in total. The molecule has 1 amide bonds. The number of aliphatic hydroxyl groups is 1. The number of nitrogens with zero attached hydrogens (tertiary/aromatic N) is 1. The second-order valence-corrected chi connectivity index (χ2v) is 5.43. The second-order valence-electron chi connectivity index (χ2n) is 5.43.